The lowest BCUT2D eigenvalue weighted by atomic mass is 9.83. The van der Waals surface area contributed by atoms with Crippen molar-refractivity contribution in [3.8, 4) is 0 Å². The predicted octanol–water partition coefficient (Wildman–Crippen LogP) is 1.50. The van der Waals surface area contributed by atoms with E-state index in [1.807, 2.05) is 30.3 Å². The van der Waals surface area contributed by atoms with Crippen molar-refractivity contribution in [2.75, 3.05) is 13.2 Å². The molecule has 1 aromatic carbocycles. The maximum Gasteiger partial charge on any atom is 0.318 e. The molecule has 0 bridgehead atoms. The van der Waals surface area contributed by atoms with E-state index >= 15 is 0 Å². The van der Waals surface area contributed by atoms with Crippen LogP contribution in [0, 0.1) is 0 Å². The van der Waals surface area contributed by atoms with Gasteiger partial charge in [0, 0.05) is 0 Å². The van der Waals surface area contributed by atoms with E-state index in [0.717, 1.165) is 5.56 Å². The average molecular weight is 208 g/mol. The van der Waals surface area contributed by atoms with Crippen molar-refractivity contribution < 1.29 is 14.6 Å². The summed E-state index contributed by atoms with van der Waals surface area (Å²) in [5.74, 6) is -0.390. The largest absolute Gasteiger partial charge is 0.465 e. The molecule has 0 aliphatic carbocycles. The van der Waals surface area contributed by atoms with Crippen molar-refractivity contribution >= 4 is 5.97 Å². The minimum atomic E-state index is -0.961. The second kappa shape index (κ2) is 4.94. The molecule has 0 radical (unpaired) electrons. The molecule has 82 valence electrons. The maximum absolute atomic E-state index is 11.7. The standard InChI is InChI=1S/C12H16O3/c1-3-15-11(14)12(2,9-13)10-7-5-4-6-8-10/h4-8,13H,3,9H2,1-2H3/t12-/m1/s1. The van der Waals surface area contributed by atoms with Gasteiger partial charge in [0.2, 0.25) is 0 Å². The molecule has 0 spiro atoms. The molecular formula is C12H16O3. The summed E-state index contributed by atoms with van der Waals surface area (Å²) in [4.78, 5) is 11.7. The van der Waals surface area contributed by atoms with Gasteiger partial charge in [-0.05, 0) is 19.4 Å². The van der Waals surface area contributed by atoms with Crippen LogP contribution in [-0.4, -0.2) is 24.3 Å². The first-order valence-electron chi connectivity index (χ1n) is 4.98. The molecule has 3 nitrogen and oxygen atoms in total. The van der Waals surface area contributed by atoms with Crippen LogP contribution in [0.25, 0.3) is 0 Å². The van der Waals surface area contributed by atoms with Crippen molar-refractivity contribution in [3.05, 3.63) is 35.9 Å². The zero-order valence-electron chi connectivity index (χ0n) is 9.06. The number of carbonyl (C=O) groups excluding carboxylic acids is 1. The van der Waals surface area contributed by atoms with Gasteiger partial charge in [-0.2, -0.15) is 0 Å². The SMILES string of the molecule is CCOC(=O)[C@](C)(CO)c1ccccc1. The summed E-state index contributed by atoms with van der Waals surface area (Å²) in [6, 6.07) is 9.16. The molecule has 1 N–H and O–H groups in total. The van der Waals surface area contributed by atoms with Gasteiger partial charge >= 0.3 is 5.97 Å². The third-order valence-corrected chi connectivity index (χ3v) is 2.45. The topological polar surface area (TPSA) is 46.5 Å². The minimum absolute atomic E-state index is 0.254. The van der Waals surface area contributed by atoms with Crippen LogP contribution in [0.4, 0.5) is 0 Å². The summed E-state index contributed by atoms with van der Waals surface area (Å²) >= 11 is 0. The first-order chi connectivity index (χ1) is 7.15. The monoisotopic (exact) mass is 208 g/mol. The third-order valence-electron chi connectivity index (χ3n) is 2.45. The van der Waals surface area contributed by atoms with E-state index in [4.69, 9.17) is 4.74 Å². The second-order valence-electron chi connectivity index (χ2n) is 3.58. The fraction of sp³-hybridized carbons (Fsp3) is 0.417. The summed E-state index contributed by atoms with van der Waals surface area (Å²) < 4.78 is 4.95. The van der Waals surface area contributed by atoms with Crippen LogP contribution in [0.15, 0.2) is 30.3 Å². The summed E-state index contributed by atoms with van der Waals surface area (Å²) in [5, 5.41) is 9.33. The number of hydrogen-bond donors (Lipinski definition) is 1. The molecule has 3 heteroatoms. The van der Waals surface area contributed by atoms with Crippen LogP contribution in [0.2, 0.25) is 0 Å². The highest BCUT2D eigenvalue weighted by atomic mass is 16.5. The van der Waals surface area contributed by atoms with Crippen molar-refractivity contribution in [1.82, 2.24) is 0 Å². The Hall–Kier alpha value is -1.35. The smallest absolute Gasteiger partial charge is 0.318 e. The Morgan fingerprint density at radius 1 is 1.40 bits per heavy atom. The number of esters is 1. The highest BCUT2D eigenvalue weighted by Crippen LogP contribution is 2.24. The van der Waals surface area contributed by atoms with Gasteiger partial charge < -0.3 is 9.84 Å². The molecule has 15 heavy (non-hydrogen) atoms. The van der Waals surface area contributed by atoms with Gasteiger partial charge in [0.05, 0.1) is 13.2 Å². The van der Waals surface area contributed by atoms with E-state index in [1.54, 1.807) is 13.8 Å². The zero-order chi connectivity index (χ0) is 11.3. The highest BCUT2D eigenvalue weighted by molar-refractivity contribution is 5.82. The molecular weight excluding hydrogens is 192 g/mol. The Morgan fingerprint density at radius 3 is 2.47 bits per heavy atom. The molecule has 1 atom stereocenters. The molecule has 1 aromatic rings. The predicted molar refractivity (Wildman–Crippen MR) is 57.5 cm³/mol. The van der Waals surface area contributed by atoms with Gasteiger partial charge in [0.25, 0.3) is 0 Å². The lowest BCUT2D eigenvalue weighted by molar-refractivity contribution is -0.151. The molecule has 0 aliphatic heterocycles. The zero-order valence-corrected chi connectivity index (χ0v) is 9.06. The second-order valence-corrected chi connectivity index (χ2v) is 3.58. The summed E-state index contributed by atoms with van der Waals surface area (Å²) in [5.41, 5.74) is -0.192. The maximum atomic E-state index is 11.7. The van der Waals surface area contributed by atoms with E-state index in [-0.39, 0.29) is 6.61 Å². The molecule has 0 fully saturated rings. The van der Waals surface area contributed by atoms with Crippen LogP contribution in [0.5, 0.6) is 0 Å². The van der Waals surface area contributed by atoms with E-state index in [1.165, 1.54) is 0 Å². The van der Waals surface area contributed by atoms with Crippen molar-refractivity contribution in [3.63, 3.8) is 0 Å². The number of ether oxygens (including phenoxy) is 1. The van der Waals surface area contributed by atoms with Crippen LogP contribution < -0.4 is 0 Å². The molecule has 0 aliphatic rings. The quantitative estimate of drug-likeness (QED) is 0.763. The molecule has 0 aromatic heterocycles. The normalized spacial score (nSPS) is 14.3. The van der Waals surface area contributed by atoms with Crippen molar-refractivity contribution in [1.29, 1.82) is 0 Å². The van der Waals surface area contributed by atoms with E-state index in [9.17, 15) is 9.90 Å². The number of rotatable bonds is 4. The Morgan fingerprint density at radius 2 is 2.00 bits per heavy atom. The Bertz CT molecular complexity index is 321. The Labute approximate surface area is 89.7 Å². The Kier molecular flexibility index (Phi) is 3.86. The molecule has 0 saturated heterocycles. The van der Waals surface area contributed by atoms with E-state index < -0.39 is 11.4 Å². The highest BCUT2D eigenvalue weighted by Gasteiger charge is 2.35. The minimum Gasteiger partial charge on any atom is -0.465 e. The number of aliphatic hydroxyl groups excluding tert-OH is 1. The number of benzene rings is 1. The first kappa shape index (κ1) is 11.7. The van der Waals surface area contributed by atoms with Gasteiger partial charge in [-0.15, -0.1) is 0 Å². The lowest BCUT2D eigenvalue weighted by Gasteiger charge is -2.25. The third kappa shape index (κ3) is 2.36. The summed E-state index contributed by atoms with van der Waals surface area (Å²) in [6.45, 7) is 3.50. The lowest BCUT2D eigenvalue weighted by Crippen LogP contribution is -2.38. The summed E-state index contributed by atoms with van der Waals surface area (Å²) in [7, 11) is 0. The first-order valence-corrected chi connectivity index (χ1v) is 4.98. The van der Waals surface area contributed by atoms with Gasteiger partial charge in [0.15, 0.2) is 0 Å². The van der Waals surface area contributed by atoms with Crippen LogP contribution in [0.1, 0.15) is 19.4 Å². The van der Waals surface area contributed by atoms with E-state index in [2.05, 4.69) is 0 Å². The summed E-state index contributed by atoms with van der Waals surface area (Å²) in [6.07, 6.45) is 0. The average Bonchev–Trinajstić information content (AvgIpc) is 2.29. The molecule has 1 rings (SSSR count). The fourth-order valence-corrected chi connectivity index (χ4v) is 1.37. The van der Waals surface area contributed by atoms with Gasteiger partial charge in [-0.3, -0.25) is 4.79 Å². The molecule has 0 amide bonds. The van der Waals surface area contributed by atoms with Gasteiger partial charge in [-0.1, -0.05) is 30.3 Å². The number of aliphatic hydroxyl groups is 1. The number of carbonyl (C=O) groups is 1. The van der Waals surface area contributed by atoms with Gasteiger partial charge in [0.1, 0.15) is 5.41 Å². The molecule has 0 saturated carbocycles. The molecule has 0 unspecified atom stereocenters. The van der Waals surface area contributed by atoms with Crippen LogP contribution in [-0.2, 0) is 14.9 Å². The van der Waals surface area contributed by atoms with Crippen LogP contribution in [0.3, 0.4) is 0 Å². The number of hydrogen-bond acceptors (Lipinski definition) is 3. The van der Waals surface area contributed by atoms with E-state index in [0.29, 0.717) is 6.61 Å². The van der Waals surface area contributed by atoms with Crippen molar-refractivity contribution in [2.45, 2.75) is 19.3 Å². The Balaban J connectivity index is 3.00. The van der Waals surface area contributed by atoms with Crippen molar-refractivity contribution in [2.24, 2.45) is 0 Å². The van der Waals surface area contributed by atoms with Gasteiger partial charge in [-0.25, -0.2) is 0 Å². The van der Waals surface area contributed by atoms with Crippen LogP contribution >= 0.6 is 0 Å². The fourth-order valence-electron chi connectivity index (χ4n) is 1.37. The molecule has 0 heterocycles.